The maximum atomic E-state index is 12.9. The molecule has 2 aromatic carbocycles. The Kier molecular flexibility index (Phi) is 5.07. The highest BCUT2D eigenvalue weighted by molar-refractivity contribution is 7.98. The standard InChI is InChI=1S/C22H20N4O2S/c1-14-9-7-8-12-16(14)13-29-20-17-19(25(2)22(28)26(3)21(17)27)23-18(24-20)15-10-5-4-6-11-15/h4-12H,13H2,1-3H3. The van der Waals surface area contributed by atoms with Crippen molar-refractivity contribution in [3.63, 3.8) is 0 Å². The van der Waals surface area contributed by atoms with Gasteiger partial charge in [-0.3, -0.25) is 13.9 Å². The number of aromatic nitrogens is 4. The van der Waals surface area contributed by atoms with Crippen molar-refractivity contribution in [1.82, 2.24) is 19.1 Å². The van der Waals surface area contributed by atoms with Crippen LogP contribution >= 0.6 is 11.8 Å². The summed E-state index contributed by atoms with van der Waals surface area (Å²) >= 11 is 1.48. The van der Waals surface area contributed by atoms with Crippen LogP contribution in [0.15, 0.2) is 69.2 Å². The number of aryl methyl sites for hydroxylation is 2. The smallest absolute Gasteiger partial charge is 0.280 e. The van der Waals surface area contributed by atoms with Gasteiger partial charge >= 0.3 is 5.69 Å². The third-order valence-electron chi connectivity index (χ3n) is 4.92. The molecule has 0 fully saturated rings. The molecule has 0 saturated heterocycles. The van der Waals surface area contributed by atoms with Crippen molar-refractivity contribution in [1.29, 1.82) is 0 Å². The minimum Gasteiger partial charge on any atom is -0.280 e. The number of nitrogens with zero attached hydrogens (tertiary/aromatic N) is 4. The van der Waals surface area contributed by atoms with Gasteiger partial charge in [-0.05, 0) is 18.1 Å². The zero-order valence-electron chi connectivity index (χ0n) is 16.4. The second-order valence-corrected chi connectivity index (χ2v) is 7.80. The molecule has 7 heteroatoms. The fourth-order valence-corrected chi connectivity index (χ4v) is 4.26. The lowest BCUT2D eigenvalue weighted by Gasteiger charge is -2.12. The Labute approximate surface area is 171 Å². The summed E-state index contributed by atoms with van der Waals surface area (Å²) in [5.41, 5.74) is 2.75. The first kappa shape index (κ1) is 19.1. The van der Waals surface area contributed by atoms with Gasteiger partial charge < -0.3 is 0 Å². The Morgan fingerprint density at radius 1 is 0.897 bits per heavy atom. The van der Waals surface area contributed by atoms with Crippen LogP contribution in [0.1, 0.15) is 11.1 Å². The topological polar surface area (TPSA) is 69.8 Å². The molecule has 4 rings (SSSR count). The Morgan fingerprint density at radius 2 is 1.59 bits per heavy atom. The second kappa shape index (κ2) is 7.67. The molecule has 2 aromatic heterocycles. The first-order valence-corrected chi connectivity index (χ1v) is 10.2. The minimum absolute atomic E-state index is 0.347. The molecule has 4 aromatic rings. The average Bonchev–Trinajstić information content (AvgIpc) is 2.75. The lowest BCUT2D eigenvalue weighted by atomic mass is 10.1. The molecule has 29 heavy (non-hydrogen) atoms. The molecule has 0 bridgehead atoms. The molecule has 0 atom stereocenters. The van der Waals surface area contributed by atoms with Crippen LogP contribution in [-0.4, -0.2) is 19.1 Å². The molecule has 0 radical (unpaired) electrons. The van der Waals surface area contributed by atoms with E-state index in [0.29, 0.717) is 27.6 Å². The molecule has 6 nitrogen and oxygen atoms in total. The van der Waals surface area contributed by atoms with Crippen LogP contribution in [0.5, 0.6) is 0 Å². The molecule has 0 N–H and O–H groups in total. The van der Waals surface area contributed by atoms with Crippen LogP contribution in [0.3, 0.4) is 0 Å². The summed E-state index contributed by atoms with van der Waals surface area (Å²) in [7, 11) is 3.10. The van der Waals surface area contributed by atoms with Gasteiger partial charge in [0.05, 0.1) is 0 Å². The van der Waals surface area contributed by atoms with Crippen LogP contribution < -0.4 is 11.2 Å². The van der Waals surface area contributed by atoms with Gasteiger partial charge in [0.2, 0.25) is 0 Å². The molecular formula is C22H20N4O2S. The van der Waals surface area contributed by atoms with Gasteiger partial charge in [-0.25, -0.2) is 14.8 Å². The largest absolute Gasteiger partial charge is 0.332 e. The second-order valence-electron chi connectivity index (χ2n) is 6.84. The van der Waals surface area contributed by atoms with E-state index in [2.05, 4.69) is 24.0 Å². The van der Waals surface area contributed by atoms with Gasteiger partial charge in [0.1, 0.15) is 10.4 Å². The summed E-state index contributed by atoms with van der Waals surface area (Å²) in [5.74, 6) is 1.16. The van der Waals surface area contributed by atoms with Crippen molar-refractivity contribution in [3.05, 3.63) is 86.6 Å². The SMILES string of the molecule is Cc1ccccc1CSc1nc(-c2ccccc2)nc2c1c(=O)n(C)c(=O)n2C. The minimum atomic E-state index is -0.407. The summed E-state index contributed by atoms with van der Waals surface area (Å²) < 4.78 is 2.51. The first-order chi connectivity index (χ1) is 14.0. The van der Waals surface area contributed by atoms with Crippen LogP contribution in [0.4, 0.5) is 0 Å². The Bertz CT molecular complexity index is 1330. The summed E-state index contributed by atoms with van der Waals surface area (Å²) in [6.07, 6.45) is 0. The van der Waals surface area contributed by atoms with Crippen molar-refractivity contribution in [2.75, 3.05) is 0 Å². The van der Waals surface area contributed by atoms with E-state index in [1.54, 1.807) is 7.05 Å². The van der Waals surface area contributed by atoms with E-state index in [0.717, 1.165) is 10.1 Å². The van der Waals surface area contributed by atoms with Crippen LogP contribution in [0.2, 0.25) is 0 Å². The monoisotopic (exact) mass is 404 g/mol. The van der Waals surface area contributed by atoms with E-state index in [1.165, 1.54) is 34.5 Å². The molecule has 0 unspecified atom stereocenters. The molecular weight excluding hydrogens is 384 g/mol. The first-order valence-electron chi connectivity index (χ1n) is 9.18. The number of fused-ring (bicyclic) bond motifs is 1. The van der Waals surface area contributed by atoms with E-state index in [-0.39, 0.29) is 5.56 Å². The lowest BCUT2D eigenvalue weighted by molar-refractivity contribution is 0.703. The van der Waals surface area contributed by atoms with Crippen molar-refractivity contribution < 1.29 is 0 Å². The molecule has 0 aliphatic carbocycles. The highest BCUT2D eigenvalue weighted by Gasteiger charge is 2.18. The molecule has 0 aliphatic heterocycles. The Morgan fingerprint density at radius 3 is 2.31 bits per heavy atom. The van der Waals surface area contributed by atoms with Crippen molar-refractivity contribution >= 4 is 22.8 Å². The quantitative estimate of drug-likeness (QED) is 0.386. The van der Waals surface area contributed by atoms with Crippen molar-refractivity contribution in [2.24, 2.45) is 14.1 Å². The van der Waals surface area contributed by atoms with E-state index < -0.39 is 5.69 Å². The van der Waals surface area contributed by atoms with Gasteiger partial charge in [-0.15, -0.1) is 11.8 Å². The van der Waals surface area contributed by atoms with Crippen molar-refractivity contribution in [2.45, 2.75) is 17.7 Å². The maximum absolute atomic E-state index is 12.9. The number of hydrogen-bond acceptors (Lipinski definition) is 5. The Hall–Kier alpha value is -3.19. The Balaban J connectivity index is 1.94. The summed E-state index contributed by atoms with van der Waals surface area (Å²) in [6.45, 7) is 2.06. The summed E-state index contributed by atoms with van der Waals surface area (Å²) in [6, 6.07) is 17.7. The van der Waals surface area contributed by atoms with E-state index in [1.807, 2.05) is 42.5 Å². The zero-order valence-corrected chi connectivity index (χ0v) is 17.2. The highest BCUT2D eigenvalue weighted by atomic mass is 32.2. The normalized spacial score (nSPS) is 11.1. The van der Waals surface area contributed by atoms with Crippen LogP contribution in [-0.2, 0) is 19.8 Å². The third-order valence-corrected chi connectivity index (χ3v) is 5.95. The van der Waals surface area contributed by atoms with Gasteiger partial charge in [-0.2, -0.15) is 0 Å². The molecule has 0 saturated carbocycles. The summed E-state index contributed by atoms with van der Waals surface area (Å²) in [5, 5.41) is 0.946. The number of benzene rings is 2. The number of rotatable bonds is 4. The molecule has 0 aliphatic rings. The summed E-state index contributed by atoms with van der Waals surface area (Å²) in [4.78, 5) is 34.6. The zero-order chi connectivity index (χ0) is 20.5. The number of hydrogen-bond donors (Lipinski definition) is 0. The van der Waals surface area contributed by atoms with Crippen LogP contribution in [0.25, 0.3) is 22.4 Å². The van der Waals surface area contributed by atoms with Gasteiger partial charge in [0.25, 0.3) is 5.56 Å². The predicted octanol–water partition coefficient (Wildman–Crippen LogP) is 3.29. The fraction of sp³-hybridized carbons (Fsp3) is 0.182. The van der Waals surface area contributed by atoms with E-state index in [9.17, 15) is 9.59 Å². The van der Waals surface area contributed by atoms with E-state index in [4.69, 9.17) is 4.98 Å². The van der Waals surface area contributed by atoms with Crippen LogP contribution in [0, 0.1) is 6.92 Å². The van der Waals surface area contributed by atoms with E-state index >= 15 is 0 Å². The van der Waals surface area contributed by atoms with Crippen molar-refractivity contribution in [3.8, 4) is 11.4 Å². The third kappa shape index (κ3) is 3.49. The van der Waals surface area contributed by atoms with Gasteiger partial charge in [0, 0.05) is 25.4 Å². The molecule has 146 valence electrons. The molecule has 0 spiro atoms. The van der Waals surface area contributed by atoms with Gasteiger partial charge in [0.15, 0.2) is 11.5 Å². The molecule has 2 heterocycles. The number of thioether (sulfide) groups is 1. The maximum Gasteiger partial charge on any atom is 0.332 e. The van der Waals surface area contributed by atoms with Gasteiger partial charge in [-0.1, -0.05) is 54.6 Å². The fourth-order valence-electron chi connectivity index (χ4n) is 3.17. The average molecular weight is 404 g/mol. The predicted molar refractivity (Wildman–Crippen MR) is 116 cm³/mol. The highest BCUT2D eigenvalue weighted by Crippen LogP contribution is 2.29. The lowest BCUT2D eigenvalue weighted by Crippen LogP contribution is -2.37. The molecule has 0 amide bonds.